The summed E-state index contributed by atoms with van der Waals surface area (Å²) in [5.41, 5.74) is 5.27. The number of β-amino-alcohol motifs (C(OH)–C–C–N with tert-alkyl or cyclic N) is 1. The second-order valence-electron chi connectivity index (χ2n) is 4.87. The minimum atomic E-state index is -0.765. The first-order valence-electron chi connectivity index (χ1n) is 6.02. The van der Waals surface area contributed by atoms with E-state index in [9.17, 15) is 14.3 Å². The van der Waals surface area contributed by atoms with Crippen molar-refractivity contribution in [2.24, 2.45) is 0 Å². The number of nitrogens with two attached hydrogens (primary N) is 1. The topological polar surface area (TPSA) is 66.6 Å². The minimum Gasteiger partial charge on any atom is -0.398 e. The second-order valence-corrected chi connectivity index (χ2v) is 4.87. The number of carbonyl (C=O) groups excluding carboxylic acids is 1. The highest BCUT2D eigenvalue weighted by molar-refractivity contribution is 5.99. The zero-order chi connectivity index (χ0) is 13.3. The first kappa shape index (κ1) is 12.8. The highest BCUT2D eigenvalue weighted by Crippen LogP contribution is 2.28. The van der Waals surface area contributed by atoms with Crippen molar-refractivity contribution in [2.45, 2.75) is 25.4 Å². The first-order chi connectivity index (χ1) is 8.45. The monoisotopic (exact) mass is 252 g/mol. The minimum absolute atomic E-state index is 0.130. The van der Waals surface area contributed by atoms with Crippen molar-refractivity contribution < 1.29 is 14.3 Å². The van der Waals surface area contributed by atoms with Gasteiger partial charge in [-0.3, -0.25) is 4.79 Å². The van der Waals surface area contributed by atoms with Gasteiger partial charge in [-0.25, -0.2) is 4.39 Å². The van der Waals surface area contributed by atoms with Crippen LogP contribution in [0.3, 0.4) is 0 Å². The Balaban J connectivity index is 2.06. The molecule has 2 rings (SSSR count). The van der Waals surface area contributed by atoms with Gasteiger partial charge in [0, 0.05) is 5.69 Å². The number of carbonyl (C=O) groups is 1. The number of anilines is 1. The van der Waals surface area contributed by atoms with Crippen LogP contribution in [0.15, 0.2) is 18.2 Å². The largest absolute Gasteiger partial charge is 0.398 e. The molecule has 0 unspecified atom stereocenters. The highest BCUT2D eigenvalue weighted by atomic mass is 19.1. The van der Waals surface area contributed by atoms with Crippen LogP contribution < -0.4 is 5.73 Å². The quantitative estimate of drug-likeness (QED) is 0.799. The summed E-state index contributed by atoms with van der Waals surface area (Å²) in [6.45, 7) is 2.62. The molecule has 1 aliphatic heterocycles. The molecule has 0 spiro atoms. The third kappa shape index (κ3) is 2.31. The van der Waals surface area contributed by atoms with E-state index in [1.807, 2.05) is 6.92 Å². The lowest BCUT2D eigenvalue weighted by atomic mass is 9.88. The predicted octanol–water partition coefficient (Wildman–Crippen LogP) is 1.39. The lowest BCUT2D eigenvalue weighted by molar-refractivity contribution is -0.0859. The smallest absolute Gasteiger partial charge is 0.256 e. The number of benzene rings is 1. The molecule has 1 heterocycles. The van der Waals surface area contributed by atoms with E-state index < -0.39 is 11.4 Å². The average molecular weight is 252 g/mol. The fourth-order valence-electron chi connectivity index (χ4n) is 2.33. The molecular weight excluding hydrogens is 235 g/mol. The van der Waals surface area contributed by atoms with Crippen molar-refractivity contribution in [3.05, 3.63) is 29.6 Å². The lowest BCUT2D eigenvalue weighted by Gasteiger charge is -2.46. The Bertz CT molecular complexity index is 470. The van der Waals surface area contributed by atoms with Crippen LogP contribution in [0.4, 0.5) is 10.1 Å². The third-order valence-corrected chi connectivity index (χ3v) is 3.22. The predicted molar refractivity (Wildman–Crippen MR) is 66.6 cm³/mol. The molecule has 1 aliphatic rings. The average Bonchev–Trinajstić information content (AvgIpc) is 2.25. The molecule has 1 amide bonds. The molecule has 3 N–H and O–H groups in total. The number of nitrogens with zero attached hydrogens (tertiary/aromatic N) is 1. The Morgan fingerprint density at radius 1 is 1.56 bits per heavy atom. The molecule has 0 aromatic heterocycles. The van der Waals surface area contributed by atoms with Crippen LogP contribution >= 0.6 is 0 Å². The van der Waals surface area contributed by atoms with Crippen LogP contribution in [0.2, 0.25) is 0 Å². The summed E-state index contributed by atoms with van der Waals surface area (Å²) in [5.74, 6) is -0.719. The number of aliphatic hydroxyl groups is 1. The standard InChI is InChI=1S/C13H17FN2O2/c1-2-5-13(18)7-16(8-13)12(17)10-4-3-9(14)6-11(10)15/h3-4,6,18H,2,5,7-8,15H2,1H3. The van der Waals surface area contributed by atoms with E-state index in [1.54, 1.807) is 0 Å². The summed E-state index contributed by atoms with van der Waals surface area (Å²) in [6, 6.07) is 3.72. The summed E-state index contributed by atoms with van der Waals surface area (Å²) in [4.78, 5) is 13.6. The maximum atomic E-state index is 12.9. The number of rotatable bonds is 3. The van der Waals surface area contributed by atoms with E-state index in [-0.39, 0.29) is 17.2 Å². The van der Waals surface area contributed by atoms with Gasteiger partial charge in [0.05, 0.1) is 24.3 Å². The van der Waals surface area contributed by atoms with E-state index in [0.29, 0.717) is 19.5 Å². The van der Waals surface area contributed by atoms with Crippen molar-refractivity contribution in [1.82, 2.24) is 4.90 Å². The van der Waals surface area contributed by atoms with Gasteiger partial charge in [0.1, 0.15) is 5.82 Å². The number of amides is 1. The van der Waals surface area contributed by atoms with Gasteiger partial charge in [-0.1, -0.05) is 13.3 Å². The van der Waals surface area contributed by atoms with Gasteiger partial charge < -0.3 is 15.7 Å². The van der Waals surface area contributed by atoms with Gasteiger partial charge in [-0.2, -0.15) is 0 Å². The Hall–Kier alpha value is -1.62. The van der Waals surface area contributed by atoms with Crippen molar-refractivity contribution in [3.63, 3.8) is 0 Å². The highest BCUT2D eigenvalue weighted by Gasteiger charge is 2.43. The Morgan fingerprint density at radius 3 is 2.78 bits per heavy atom. The summed E-state index contributed by atoms with van der Waals surface area (Å²) >= 11 is 0. The van der Waals surface area contributed by atoms with Gasteiger partial charge >= 0.3 is 0 Å². The van der Waals surface area contributed by atoms with E-state index >= 15 is 0 Å². The zero-order valence-corrected chi connectivity index (χ0v) is 10.3. The molecule has 0 bridgehead atoms. The fraction of sp³-hybridized carbons (Fsp3) is 0.462. The number of halogens is 1. The molecule has 1 aromatic rings. The van der Waals surface area contributed by atoms with Crippen molar-refractivity contribution in [2.75, 3.05) is 18.8 Å². The number of likely N-dealkylation sites (tertiary alicyclic amines) is 1. The Kier molecular flexibility index (Phi) is 3.26. The van der Waals surface area contributed by atoms with Gasteiger partial charge in [0.25, 0.3) is 5.91 Å². The van der Waals surface area contributed by atoms with E-state index in [0.717, 1.165) is 12.5 Å². The second kappa shape index (κ2) is 4.57. The van der Waals surface area contributed by atoms with Crippen LogP contribution in [0, 0.1) is 5.82 Å². The number of nitrogen functional groups attached to an aromatic ring is 1. The van der Waals surface area contributed by atoms with E-state index in [4.69, 9.17) is 5.73 Å². The van der Waals surface area contributed by atoms with Crippen LogP contribution in [-0.2, 0) is 0 Å². The molecule has 5 heteroatoms. The molecular formula is C13H17FN2O2. The fourth-order valence-corrected chi connectivity index (χ4v) is 2.33. The summed E-state index contributed by atoms with van der Waals surface area (Å²) in [7, 11) is 0. The molecule has 1 saturated heterocycles. The van der Waals surface area contributed by atoms with Crippen LogP contribution in [-0.4, -0.2) is 34.6 Å². The number of hydrogen-bond donors (Lipinski definition) is 2. The summed E-state index contributed by atoms with van der Waals surface area (Å²) in [6.07, 6.45) is 1.55. The Morgan fingerprint density at radius 2 is 2.22 bits per heavy atom. The molecule has 1 fully saturated rings. The summed E-state index contributed by atoms with van der Waals surface area (Å²) < 4.78 is 12.9. The van der Waals surface area contributed by atoms with Crippen molar-refractivity contribution in [1.29, 1.82) is 0 Å². The molecule has 1 aromatic carbocycles. The molecule has 0 aliphatic carbocycles. The van der Waals surface area contributed by atoms with Gasteiger partial charge in [-0.05, 0) is 24.6 Å². The van der Waals surface area contributed by atoms with E-state index in [2.05, 4.69) is 0 Å². The SMILES string of the molecule is CCCC1(O)CN(C(=O)c2ccc(F)cc2N)C1. The van der Waals surface area contributed by atoms with E-state index in [1.165, 1.54) is 17.0 Å². The lowest BCUT2D eigenvalue weighted by Crippen LogP contribution is -2.63. The maximum Gasteiger partial charge on any atom is 0.256 e. The normalized spacial score (nSPS) is 17.4. The van der Waals surface area contributed by atoms with Gasteiger partial charge in [0.15, 0.2) is 0 Å². The molecule has 0 saturated carbocycles. The summed E-state index contributed by atoms with van der Waals surface area (Å²) in [5, 5.41) is 10.0. The van der Waals surface area contributed by atoms with Crippen molar-refractivity contribution in [3.8, 4) is 0 Å². The molecule has 18 heavy (non-hydrogen) atoms. The molecule has 4 nitrogen and oxygen atoms in total. The van der Waals surface area contributed by atoms with Gasteiger partial charge in [0.2, 0.25) is 0 Å². The van der Waals surface area contributed by atoms with Crippen molar-refractivity contribution >= 4 is 11.6 Å². The van der Waals surface area contributed by atoms with Gasteiger partial charge in [-0.15, -0.1) is 0 Å². The zero-order valence-electron chi connectivity index (χ0n) is 10.3. The third-order valence-electron chi connectivity index (χ3n) is 3.22. The molecule has 0 atom stereocenters. The number of hydrogen-bond acceptors (Lipinski definition) is 3. The molecule has 0 radical (unpaired) electrons. The first-order valence-corrected chi connectivity index (χ1v) is 6.02. The Labute approximate surface area is 105 Å². The van der Waals surface area contributed by atoms with Crippen LogP contribution in [0.1, 0.15) is 30.1 Å². The van der Waals surface area contributed by atoms with Crippen LogP contribution in [0.25, 0.3) is 0 Å². The maximum absolute atomic E-state index is 12.9. The van der Waals surface area contributed by atoms with Crippen LogP contribution in [0.5, 0.6) is 0 Å². The molecule has 98 valence electrons.